The van der Waals surface area contributed by atoms with Crippen LogP contribution < -0.4 is 16.6 Å². The molecule has 166 valence electrons. The maximum absolute atomic E-state index is 13.2. The van der Waals surface area contributed by atoms with Gasteiger partial charge in [-0.3, -0.25) is 23.5 Å². The predicted molar refractivity (Wildman–Crippen MR) is 114 cm³/mol. The Bertz CT molecular complexity index is 1110. The molecule has 3 N–H and O–H groups in total. The van der Waals surface area contributed by atoms with Crippen molar-refractivity contribution in [2.24, 2.45) is 0 Å². The Labute approximate surface area is 186 Å². The molecule has 0 radical (unpaired) electrons. The van der Waals surface area contributed by atoms with Crippen molar-refractivity contribution in [3.8, 4) is 5.88 Å². The zero-order valence-electron chi connectivity index (χ0n) is 16.4. The van der Waals surface area contributed by atoms with Crippen LogP contribution in [0.4, 0.5) is 0 Å². The Kier molecular flexibility index (Phi) is 7.07. The number of carboxylic acid groups (broad SMARTS) is 1. The lowest BCUT2D eigenvalue weighted by molar-refractivity contribution is -0.135. The number of carbonyl (C=O) groups is 2. The fourth-order valence-corrected chi connectivity index (χ4v) is 4.26. The van der Waals surface area contributed by atoms with E-state index in [2.05, 4.69) is 5.32 Å². The summed E-state index contributed by atoms with van der Waals surface area (Å²) in [5.74, 6) is -3.29. The minimum Gasteiger partial charge on any atom is -0.494 e. The van der Waals surface area contributed by atoms with E-state index in [4.69, 9.17) is 28.3 Å². The van der Waals surface area contributed by atoms with Crippen molar-refractivity contribution in [1.82, 2.24) is 14.5 Å². The second kappa shape index (κ2) is 9.57. The fourth-order valence-electron chi connectivity index (χ4n) is 3.75. The summed E-state index contributed by atoms with van der Waals surface area (Å²) in [6, 6.07) is 4.29. The molecule has 11 heteroatoms. The number of benzene rings is 1. The molecule has 3 rings (SSSR count). The molecule has 0 saturated heterocycles. The third kappa shape index (κ3) is 4.77. The van der Waals surface area contributed by atoms with Gasteiger partial charge in [-0.05, 0) is 25.0 Å². The van der Waals surface area contributed by atoms with Crippen LogP contribution in [0.2, 0.25) is 10.0 Å². The summed E-state index contributed by atoms with van der Waals surface area (Å²) in [7, 11) is 0. The summed E-state index contributed by atoms with van der Waals surface area (Å²) in [6.07, 6.45) is 3.74. The van der Waals surface area contributed by atoms with E-state index in [0.717, 1.165) is 28.4 Å². The Morgan fingerprint density at radius 1 is 1.10 bits per heavy atom. The van der Waals surface area contributed by atoms with Crippen LogP contribution in [-0.4, -0.2) is 37.8 Å². The molecule has 1 aliphatic rings. The maximum atomic E-state index is 13.2. The third-order valence-electron chi connectivity index (χ3n) is 5.29. The quantitative estimate of drug-likeness (QED) is 0.595. The first-order chi connectivity index (χ1) is 14.7. The topological polar surface area (TPSA) is 131 Å². The van der Waals surface area contributed by atoms with E-state index in [1.165, 1.54) is 0 Å². The van der Waals surface area contributed by atoms with Gasteiger partial charge in [0.2, 0.25) is 5.88 Å². The molecule has 9 nitrogen and oxygen atoms in total. The lowest BCUT2D eigenvalue weighted by Gasteiger charge is -2.25. The predicted octanol–water partition coefficient (Wildman–Crippen LogP) is 2.39. The first-order valence-electron chi connectivity index (χ1n) is 9.73. The number of hydrogen-bond acceptors (Lipinski definition) is 5. The lowest BCUT2D eigenvalue weighted by atomic mass is 9.95. The third-order valence-corrected chi connectivity index (χ3v) is 6.00. The molecule has 1 aromatic carbocycles. The zero-order valence-corrected chi connectivity index (χ0v) is 17.9. The van der Waals surface area contributed by atoms with Crippen LogP contribution in [0, 0.1) is 0 Å². The van der Waals surface area contributed by atoms with Gasteiger partial charge < -0.3 is 15.5 Å². The standard InChI is InChI=1S/C20H21Cl2N3O6/c21-13-7-4-8-14(22)12(13)10-24-18(29)16(17(28)23-9-15(26)27)19(30)25(20(24)31)11-5-2-1-3-6-11/h4,7-8,11,29H,1-3,5-6,9-10H2,(H,23,28)(H,26,27). The normalized spacial score (nSPS) is 14.4. The van der Waals surface area contributed by atoms with Crippen LogP contribution in [0.15, 0.2) is 27.8 Å². The van der Waals surface area contributed by atoms with Crippen molar-refractivity contribution in [3.05, 3.63) is 60.2 Å². The first kappa shape index (κ1) is 22.9. The number of carboxylic acids is 1. The Hall–Kier alpha value is -2.78. The number of aromatic hydroxyl groups is 1. The molecular formula is C20H21Cl2N3O6. The fraction of sp³-hybridized carbons (Fsp3) is 0.400. The molecule has 0 aliphatic heterocycles. The lowest BCUT2D eigenvalue weighted by Crippen LogP contribution is -2.47. The number of nitrogens with zero attached hydrogens (tertiary/aromatic N) is 2. The van der Waals surface area contributed by atoms with Gasteiger partial charge in [0.25, 0.3) is 11.5 Å². The molecule has 0 atom stereocenters. The summed E-state index contributed by atoms with van der Waals surface area (Å²) >= 11 is 12.4. The SMILES string of the molecule is O=C(O)CNC(=O)c1c(O)n(Cc2c(Cl)cccc2Cl)c(=O)n(C2CCCCC2)c1=O. The van der Waals surface area contributed by atoms with E-state index >= 15 is 0 Å². The average molecular weight is 470 g/mol. The number of amides is 1. The summed E-state index contributed by atoms with van der Waals surface area (Å²) in [6.45, 7) is -1.04. The molecule has 1 saturated carbocycles. The summed E-state index contributed by atoms with van der Waals surface area (Å²) in [5.41, 5.74) is -2.12. The average Bonchev–Trinajstić information content (AvgIpc) is 2.72. The molecule has 1 aliphatic carbocycles. The smallest absolute Gasteiger partial charge is 0.334 e. The Morgan fingerprint density at radius 2 is 1.71 bits per heavy atom. The molecule has 0 unspecified atom stereocenters. The van der Waals surface area contributed by atoms with Gasteiger partial charge in [0.15, 0.2) is 5.56 Å². The molecule has 0 spiro atoms. The Balaban J connectivity index is 2.20. The zero-order chi connectivity index (χ0) is 22.7. The van der Waals surface area contributed by atoms with Crippen LogP contribution in [0.25, 0.3) is 0 Å². The maximum Gasteiger partial charge on any atom is 0.334 e. The van der Waals surface area contributed by atoms with Crippen LogP contribution in [0.5, 0.6) is 5.88 Å². The van der Waals surface area contributed by atoms with E-state index in [1.807, 2.05) is 0 Å². The van der Waals surface area contributed by atoms with E-state index < -0.39 is 47.2 Å². The highest BCUT2D eigenvalue weighted by molar-refractivity contribution is 6.36. The van der Waals surface area contributed by atoms with Crippen LogP contribution in [0.1, 0.15) is 54.1 Å². The number of halogens is 2. The van der Waals surface area contributed by atoms with Gasteiger partial charge in [0.1, 0.15) is 6.54 Å². The molecule has 31 heavy (non-hydrogen) atoms. The highest BCUT2D eigenvalue weighted by Gasteiger charge is 2.29. The number of hydrogen-bond donors (Lipinski definition) is 3. The van der Waals surface area contributed by atoms with Gasteiger partial charge >= 0.3 is 11.7 Å². The number of rotatable bonds is 6. The van der Waals surface area contributed by atoms with Crippen molar-refractivity contribution in [2.45, 2.75) is 44.7 Å². The molecule has 1 fully saturated rings. The number of carbonyl (C=O) groups excluding carboxylic acids is 1. The van der Waals surface area contributed by atoms with Crippen LogP contribution in [0.3, 0.4) is 0 Å². The molecular weight excluding hydrogens is 449 g/mol. The van der Waals surface area contributed by atoms with E-state index in [0.29, 0.717) is 18.4 Å². The monoisotopic (exact) mass is 469 g/mol. The van der Waals surface area contributed by atoms with Gasteiger partial charge in [-0.1, -0.05) is 48.5 Å². The van der Waals surface area contributed by atoms with E-state index in [-0.39, 0.29) is 16.6 Å². The van der Waals surface area contributed by atoms with Gasteiger partial charge in [-0.25, -0.2) is 4.79 Å². The highest BCUT2D eigenvalue weighted by Crippen LogP contribution is 2.28. The second-order valence-corrected chi connectivity index (χ2v) is 8.13. The summed E-state index contributed by atoms with van der Waals surface area (Å²) < 4.78 is 1.83. The minimum absolute atomic E-state index is 0.242. The molecule has 1 heterocycles. The molecule has 0 bridgehead atoms. The van der Waals surface area contributed by atoms with Gasteiger partial charge in [-0.2, -0.15) is 0 Å². The molecule has 1 amide bonds. The molecule has 2 aromatic rings. The van der Waals surface area contributed by atoms with Crippen molar-refractivity contribution < 1.29 is 19.8 Å². The first-order valence-corrected chi connectivity index (χ1v) is 10.5. The van der Waals surface area contributed by atoms with E-state index in [9.17, 15) is 24.3 Å². The van der Waals surface area contributed by atoms with Gasteiger partial charge in [-0.15, -0.1) is 0 Å². The highest BCUT2D eigenvalue weighted by atomic mass is 35.5. The summed E-state index contributed by atoms with van der Waals surface area (Å²) in [5, 5.41) is 22.1. The second-order valence-electron chi connectivity index (χ2n) is 7.31. The molecule has 1 aromatic heterocycles. The number of aromatic nitrogens is 2. The van der Waals surface area contributed by atoms with Crippen molar-refractivity contribution >= 4 is 35.1 Å². The van der Waals surface area contributed by atoms with Crippen LogP contribution in [-0.2, 0) is 11.3 Å². The van der Waals surface area contributed by atoms with Crippen molar-refractivity contribution in [3.63, 3.8) is 0 Å². The van der Waals surface area contributed by atoms with E-state index in [1.54, 1.807) is 18.2 Å². The van der Waals surface area contributed by atoms with Gasteiger partial charge in [0.05, 0.1) is 6.54 Å². The van der Waals surface area contributed by atoms with Crippen molar-refractivity contribution in [1.29, 1.82) is 0 Å². The van der Waals surface area contributed by atoms with Crippen molar-refractivity contribution in [2.75, 3.05) is 6.54 Å². The number of nitrogens with one attached hydrogen (secondary N) is 1. The number of aliphatic carboxylic acids is 1. The van der Waals surface area contributed by atoms with Gasteiger partial charge in [0, 0.05) is 21.7 Å². The largest absolute Gasteiger partial charge is 0.494 e. The summed E-state index contributed by atoms with van der Waals surface area (Å²) in [4.78, 5) is 49.7. The minimum atomic E-state index is -1.32. The Morgan fingerprint density at radius 3 is 2.29 bits per heavy atom. The van der Waals surface area contributed by atoms with Crippen LogP contribution >= 0.6 is 23.2 Å².